The minimum Gasteiger partial charge on any atom is -0.140 e. The van der Waals surface area contributed by atoms with Gasteiger partial charge in [-0.25, -0.2) is 0 Å². The van der Waals surface area contributed by atoms with Crippen LogP contribution in [0.25, 0.3) is 39.1 Å². The zero-order valence-corrected chi connectivity index (χ0v) is 34.6. The summed E-state index contributed by atoms with van der Waals surface area (Å²) < 4.78 is 4.28. The topological polar surface area (TPSA) is 0 Å². The Balaban J connectivity index is 1.12. The van der Waals surface area contributed by atoms with Gasteiger partial charge in [0, 0.05) is 54.7 Å². The first-order valence-corrected chi connectivity index (χ1v) is 23.0. The van der Waals surface area contributed by atoms with Gasteiger partial charge in [0.15, 0.2) is 0 Å². The molecule has 1 aliphatic rings. The van der Waals surface area contributed by atoms with Gasteiger partial charge in [0.25, 0.3) is 0 Å². The predicted octanol–water partition coefficient (Wildman–Crippen LogP) is 16.5. The van der Waals surface area contributed by atoms with Gasteiger partial charge < -0.3 is 0 Å². The lowest BCUT2D eigenvalue weighted by Gasteiger charge is -2.11. The van der Waals surface area contributed by atoms with Crippen molar-refractivity contribution in [3.8, 4) is 9.75 Å². The van der Waals surface area contributed by atoms with E-state index >= 15 is 0 Å². The number of fused-ring (bicyclic) bond motifs is 5. The van der Waals surface area contributed by atoms with Crippen molar-refractivity contribution in [3.63, 3.8) is 0 Å². The second-order valence-corrected chi connectivity index (χ2v) is 21.3. The fraction of sp³-hybridized carbons (Fsp3) is 0.476. The van der Waals surface area contributed by atoms with Crippen molar-refractivity contribution in [2.75, 3.05) is 0 Å². The van der Waals surface area contributed by atoms with E-state index in [1.807, 2.05) is 68.9 Å². The van der Waals surface area contributed by atoms with E-state index < -0.39 is 0 Å². The van der Waals surface area contributed by atoms with Gasteiger partial charge in [-0.15, -0.1) is 45.3 Å². The maximum atomic E-state index is 4.57. The Morgan fingerprint density at radius 2 is 1.23 bits per heavy atom. The van der Waals surface area contributed by atoms with Gasteiger partial charge >= 0.3 is 0 Å². The Hall–Kier alpha value is -1.28. The molecule has 6 rings (SSSR count). The van der Waals surface area contributed by atoms with Crippen LogP contribution >= 0.6 is 68.9 Å². The molecule has 0 radical (unpaired) electrons. The number of aryl methyl sites for hydroxylation is 2. The van der Waals surface area contributed by atoms with Crippen LogP contribution in [0.2, 0.25) is 0 Å². The molecule has 0 saturated carbocycles. The number of hydrogen-bond donors (Lipinski definition) is 0. The summed E-state index contributed by atoms with van der Waals surface area (Å²) in [6.07, 6.45) is 13.2. The minimum atomic E-state index is 0.801. The van der Waals surface area contributed by atoms with Crippen LogP contribution in [0.5, 0.6) is 0 Å². The summed E-state index contributed by atoms with van der Waals surface area (Å²) in [5.74, 6) is 3.26. The van der Waals surface area contributed by atoms with Crippen molar-refractivity contribution in [1.29, 1.82) is 0 Å². The molecule has 1 aromatic carbocycles. The monoisotopic (exact) mass is 748 g/mol. The standard InChI is InChI=1S/C42H52S6/c1-26(2)10-8-12-28(5)14-16-31-18-22-35(45-31)37-24-38-40(47-37)34-21-20-33-30(7)44-39(25-43-41(33)42(34)48-38)36-23-19-32(46-36)17-15-29(6)13-9-11-27(3)4/h18-29H,7-17H2,1-6H3. The van der Waals surface area contributed by atoms with Crippen LogP contribution < -0.4 is 0 Å². The summed E-state index contributed by atoms with van der Waals surface area (Å²) in [6.45, 7) is 18.8. The summed E-state index contributed by atoms with van der Waals surface area (Å²) in [6, 6.07) is 16.6. The van der Waals surface area contributed by atoms with Crippen molar-refractivity contribution in [3.05, 3.63) is 74.6 Å². The number of thiophene rings is 4. The molecular formula is C42H52S6. The third-order valence-electron chi connectivity index (χ3n) is 9.62. The van der Waals surface area contributed by atoms with Crippen molar-refractivity contribution in [1.82, 2.24) is 0 Å². The van der Waals surface area contributed by atoms with Gasteiger partial charge in [0.1, 0.15) is 0 Å². The Kier molecular flexibility index (Phi) is 12.8. The van der Waals surface area contributed by atoms with Crippen LogP contribution in [0, 0.1) is 23.7 Å². The van der Waals surface area contributed by atoms with E-state index in [-0.39, 0.29) is 0 Å². The lowest BCUT2D eigenvalue weighted by atomic mass is 9.96. The highest BCUT2D eigenvalue weighted by Gasteiger charge is 2.22. The molecule has 4 aromatic heterocycles. The summed E-state index contributed by atoms with van der Waals surface area (Å²) in [7, 11) is 0. The SMILES string of the molecule is C=C1SC(c2ccc(CCC(C)CCCC(C)C)s2)=CSc2c1ccc1c2sc2cc(-c3ccc(CCC(C)CCCC(C)C)s3)sc21. The summed E-state index contributed by atoms with van der Waals surface area (Å²) >= 11 is 11.7. The summed E-state index contributed by atoms with van der Waals surface area (Å²) in [4.78, 5) is 11.2. The molecule has 0 bridgehead atoms. The van der Waals surface area contributed by atoms with Gasteiger partial charge in [0.2, 0.25) is 0 Å². The van der Waals surface area contributed by atoms with E-state index in [2.05, 4.69) is 96.0 Å². The second-order valence-electron chi connectivity index (χ2n) is 14.8. The molecule has 48 heavy (non-hydrogen) atoms. The van der Waals surface area contributed by atoms with Crippen LogP contribution in [0.4, 0.5) is 0 Å². The second kappa shape index (κ2) is 16.8. The van der Waals surface area contributed by atoms with Crippen LogP contribution in [-0.4, -0.2) is 0 Å². The normalized spacial score (nSPS) is 15.1. The molecule has 5 heterocycles. The molecule has 6 heteroatoms. The van der Waals surface area contributed by atoms with Crippen molar-refractivity contribution < 1.29 is 0 Å². The zero-order chi connectivity index (χ0) is 33.8. The third kappa shape index (κ3) is 9.14. The van der Waals surface area contributed by atoms with E-state index in [1.54, 1.807) is 0 Å². The maximum absolute atomic E-state index is 4.57. The van der Waals surface area contributed by atoms with Gasteiger partial charge in [-0.05, 0) is 85.1 Å². The molecule has 0 fully saturated rings. The minimum absolute atomic E-state index is 0.801. The van der Waals surface area contributed by atoms with Crippen LogP contribution in [-0.2, 0) is 12.8 Å². The third-order valence-corrected chi connectivity index (χ3v) is 17.0. The highest BCUT2D eigenvalue weighted by atomic mass is 32.2. The molecule has 0 N–H and O–H groups in total. The first-order chi connectivity index (χ1) is 23.1. The highest BCUT2D eigenvalue weighted by molar-refractivity contribution is 8.18. The molecule has 256 valence electrons. The molecule has 0 amide bonds. The molecule has 0 nitrogen and oxygen atoms in total. The van der Waals surface area contributed by atoms with Crippen LogP contribution in [0.15, 0.2) is 59.3 Å². The van der Waals surface area contributed by atoms with Crippen molar-refractivity contribution >= 4 is 98.2 Å². The fourth-order valence-electron chi connectivity index (χ4n) is 6.59. The molecule has 0 saturated heterocycles. The summed E-state index contributed by atoms with van der Waals surface area (Å²) in [5, 5.41) is 3.79. The molecule has 0 aliphatic carbocycles. The average molecular weight is 749 g/mol. The van der Waals surface area contributed by atoms with Crippen molar-refractivity contribution in [2.24, 2.45) is 23.7 Å². The molecule has 2 atom stereocenters. The number of thioether (sulfide) groups is 2. The van der Waals surface area contributed by atoms with E-state index in [0.29, 0.717) is 0 Å². The van der Waals surface area contributed by atoms with Crippen LogP contribution in [0.1, 0.15) is 113 Å². The Bertz CT molecular complexity index is 1850. The molecular weight excluding hydrogens is 697 g/mol. The van der Waals surface area contributed by atoms with Gasteiger partial charge in [-0.3, -0.25) is 0 Å². The van der Waals surface area contributed by atoms with Gasteiger partial charge in [-0.1, -0.05) is 122 Å². The smallest absolute Gasteiger partial charge is 0.0536 e. The fourth-order valence-corrected chi connectivity index (χ4v) is 13.8. The van der Waals surface area contributed by atoms with E-state index in [1.165, 1.54) is 123 Å². The Labute approximate surface area is 314 Å². The number of hydrogen-bond acceptors (Lipinski definition) is 6. The van der Waals surface area contributed by atoms with Crippen molar-refractivity contribution in [2.45, 2.75) is 111 Å². The quantitative estimate of drug-likeness (QED) is 0.0985. The van der Waals surface area contributed by atoms with E-state index in [9.17, 15) is 0 Å². The molecule has 1 aliphatic heterocycles. The first-order valence-electron chi connectivity index (χ1n) is 18.1. The van der Waals surface area contributed by atoms with Gasteiger partial charge in [-0.2, -0.15) is 0 Å². The molecule has 5 aromatic rings. The highest BCUT2D eigenvalue weighted by Crippen LogP contribution is 2.53. The predicted molar refractivity (Wildman–Crippen MR) is 228 cm³/mol. The van der Waals surface area contributed by atoms with E-state index in [0.717, 1.165) is 28.6 Å². The number of benzene rings is 1. The molecule has 2 unspecified atom stereocenters. The first kappa shape index (κ1) is 36.5. The Morgan fingerprint density at radius 1 is 0.604 bits per heavy atom. The summed E-state index contributed by atoms with van der Waals surface area (Å²) in [5.41, 5.74) is 1.30. The lowest BCUT2D eigenvalue weighted by Crippen LogP contribution is -1.98. The average Bonchev–Trinajstić information content (AvgIpc) is 3.83. The Morgan fingerprint density at radius 3 is 1.88 bits per heavy atom. The molecule has 0 spiro atoms. The van der Waals surface area contributed by atoms with Crippen LogP contribution in [0.3, 0.4) is 0 Å². The van der Waals surface area contributed by atoms with E-state index in [4.69, 9.17) is 0 Å². The maximum Gasteiger partial charge on any atom is 0.0536 e. The lowest BCUT2D eigenvalue weighted by molar-refractivity contribution is 0.437. The number of rotatable bonds is 16. The van der Waals surface area contributed by atoms with Gasteiger partial charge in [0.05, 0.1) is 9.40 Å². The largest absolute Gasteiger partial charge is 0.140 e. The zero-order valence-electron chi connectivity index (χ0n) is 29.7.